The summed E-state index contributed by atoms with van der Waals surface area (Å²) in [5.74, 6) is 2.29. The molecule has 0 unspecified atom stereocenters. The number of aromatic nitrogens is 3. The Hall–Kier alpha value is -4.09. The van der Waals surface area contributed by atoms with Crippen molar-refractivity contribution < 1.29 is 23.9 Å². The van der Waals surface area contributed by atoms with Crippen LogP contribution in [0.2, 0.25) is 5.02 Å². The number of pyridine rings is 1. The van der Waals surface area contributed by atoms with E-state index in [1.54, 1.807) is 24.5 Å². The molecule has 1 aliphatic heterocycles. The van der Waals surface area contributed by atoms with Gasteiger partial charge in [-0.1, -0.05) is 53.2 Å². The lowest BCUT2D eigenvalue weighted by molar-refractivity contribution is 0.111. The van der Waals surface area contributed by atoms with Crippen LogP contribution in [0.5, 0.6) is 11.5 Å². The van der Waals surface area contributed by atoms with Crippen LogP contribution in [0.4, 0.5) is 0 Å². The van der Waals surface area contributed by atoms with Crippen molar-refractivity contribution in [1.29, 1.82) is 0 Å². The molecule has 5 aromatic rings. The molecule has 47 heavy (non-hydrogen) atoms. The van der Waals surface area contributed by atoms with Gasteiger partial charge in [-0.3, -0.25) is 14.7 Å². The number of likely N-dealkylation sites (tertiary alicyclic amines) is 1. The Bertz CT molecular complexity index is 1840. The summed E-state index contributed by atoms with van der Waals surface area (Å²) in [7, 11) is 0. The van der Waals surface area contributed by atoms with Crippen LogP contribution in [-0.4, -0.2) is 51.1 Å². The third kappa shape index (κ3) is 7.73. The second-order valence-electron chi connectivity index (χ2n) is 11.6. The van der Waals surface area contributed by atoms with Gasteiger partial charge in [0.25, 0.3) is 5.89 Å². The van der Waals surface area contributed by atoms with Gasteiger partial charge in [-0.25, -0.2) is 0 Å². The predicted molar refractivity (Wildman–Crippen MR) is 182 cm³/mol. The molecule has 0 bridgehead atoms. The topological polar surface area (TPSA) is 111 Å². The normalized spacial score (nSPS) is 13.9. The fourth-order valence-corrected chi connectivity index (χ4v) is 6.51. The smallest absolute Gasteiger partial charge is 0.258 e. The Kier molecular flexibility index (Phi) is 10.6. The molecule has 0 radical (unpaired) electrons. The largest absolute Gasteiger partial charge is 0.488 e. The van der Waals surface area contributed by atoms with Crippen molar-refractivity contribution >= 4 is 33.8 Å². The van der Waals surface area contributed by atoms with Gasteiger partial charge in [0.05, 0.1) is 17.1 Å². The third-order valence-electron chi connectivity index (χ3n) is 8.42. The first-order valence-corrected chi connectivity index (χ1v) is 16.6. The van der Waals surface area contributed by atoms with Crippen LogP contribution in [0.3, 0.4) is 0 Å². The van der Waals surface area contributed by atoms with E-state index in [0.717, 1.165) is 63.8 Å². The summed E-state index contributed by atoms with van der Waals surface area (Å²) in [5, 5.41) is 14.0. The van der Waals surface area contributed by atoms with E-state index in [9.17, 15) is 9.90 Å². The highest BCUT2D eigenvalue weighted by Crippen LogP contribution is 2.38. The molecule has 3 aromatic carbocycles. The molecule has 0 atom stereocenters. The van der Waals surface area contributed by atoms with E-state index >= 15 is 0 Å². The zero-order valence-electron chi connectivity index (χ0n) is 25.9. The molecule has 11 heteroatoms. The van der Waals surface area contributed by atoms with Gasteiger partial charge < -0.3 is 19.1 Å². The van der Waals surface area contributed by atoms with Crippen molar-refractivity contribution in [3.8, 4) is 34.1 Å². The molecule has 0 amide bonds. The van der Waals surface area contributed by atoms with Crippen molar-refractivity contribution in [2.24, 2.45) is 5.92 Å². The molecule has 242 valence electrons. The van der Waals surface area contributed by atoms with E-state index in [2.05, 4.69) is 37.0 Å². The fraction of sp³-hybridized carbons (Fsp3) is 0.278. The van der Waals surface area contributed by atoms with Gasteiger partial charge in [-0.05, 0) is 89.6 Å². The second kappa shape index (κ2) is 15.2. The number of rotatable bonds is 12. The molecule has 6 rings (SSSR count). The number of aliphatic hydroxyl groups excluding tert-OH is 1. The Morgan fingerprint density at radius 1 is 1.02 bits per heavy atom. The summed E-state index contributed by atoms with van der Waals surface area (Å²) in [4.78, 5) is 22.8. The molecule has 3 heterocycles. The van der Waals surface area contributed by atoms with Gasteiger partial charge in [0.1, 0.15) is 24.7 Å². The Labute approximate surface area is 286 Å². The number of carbonyl (C=O) groups is 1. The third-order valence-corrected chi connectivity index (χ3v) is 9.65. The molecule has 0 saturated carbocycles. The summed E-state index contributed by atoms with van der Waals surface area (Å²) in [5.41, 5.74) is 5.99. The summed E-state index contributed by atoms with van der Waals surface area (Å²) >= 11 is 10.3. The van der Waals surface area contributed by atoms with Crippen LogP contribution in [0.1, 0.15) is 45.7 Å². The first-order valence-electron chi connectivity index (χ1n) is 15.4. The van der Waals surface area contributed by atoms with Gasteiger partial charge in [-0.15, -0.1) is 0 Å². The lowest BCUT2D eigenvalue weighted by atomic mass is 9.95. The van der Waals surface area contributed by atoms with Crippen LogP contribution in [0, 0.1) is 12.8 Å². The molecular weight excluding hydrogens is 684 g/mol. The first-order chi connectivity index (χ1) is 22.9. The molecule has 1 N–H and O–H groups in total. The Balaban J connectivity index is 1.18. The lowest BCUT2D eigenvalue weighted by Crippen LogP contribution is -2.34. The molecule has 2 aromatic heterocycles. The SMILES string of the molecule is Cc1c(-c2nc(CN3CCC(CO)CC3)no2)cccc1-c1cccc(COc2cc(OCc3cccnc3)c(C=O)cc2Cl)c1Br. The molecule has 9 nitrogen and oxygen atoms in total. The zero-order valence-corrected chi connectivity index (χ0v) is 28.2. The first kappa shape index (κ1) is 32.8. The maximum Gasteiger partial charge on any atom is 0.258 e. The minimum absolute atomic E-state index is 0.220. The molecule has 1 fully saturated rings. The minimum Gasteiger partial charge on any atom is -0.488 e. The van der Waals surface area contributed by atoms with Crippen molar-refractivity contribution in [3.05, 3.63) is 111 Å². The van der Waals surface area contributed by atoms with Gasteiger partial charge in [-0.2, -0.15) is 4.98 Å². The molecule has 1 aliphatic rings. The number of hydrogen-bond donors (Lipinski definition) is 1. The van der Waals surface area contributed by atoms with Crippen molar-refractivity contribution in [2.45, 2.75) is 39.5 Å². The maximum atomic E-state index is 11.7. The summed E-state index contributed by atoms with van der Waals surface area (Å²) in [6, 6.07) is 19.0. The number of ether oxygens (including phenoxy) is 2. The number of nitrogens with zero attached hydrogens (tertiary/aromatic N) is 4. The zero-order chi connectivity index (χ0) is 32.8. The maximum absolute atomic E-state index is 11.7. The molecular formula is C36H34BrClN4O5. The van der Waals surface area contributed by atoms with Gasteiger partial charge in [0.2, 0.25) is 0 Å². The quantitative estimate of drug-likeness (QED) is 0.130. The van der Waals surface area contributed by atoms with E-state index in [1.165, 1.54) is 0 Å². The van der Waals surface area contributed by atoms with Crippen molar-refractivity contribution in [3.63, 3.8) is 0 Å². The highest BCUT2D eigenvalue weighted by Gasteiger charge is 2.22. The van der Waals surface area contributed by atoms with E-state index in [4.69, 9.17) is 30.6 Å². The van der Waals surface area contributed by atoms with E-state index in [-0.39, 0.29) is 19.8 Å². The summed E-state index contributed by atoms with van der Waals surface area (Å²) in [6.07, 6.45) is 6.06. The van der Waals surface area contributed by atoms with Crippen LogP contribution >= 0.6 is 27.5 Å². The monoisotopic (exact) mass is 716 g/mol. The van der Waals surface area contributed by atoms with E-state index in [0.29, 0.717) is 52.5 Å². The molecule has 0 spiro atoms. The highest BCUT2D eigenvalue weighted by molar-refractivity contribution is 9.10. The summed E-state index contributed by atoms with van der Waals surface area (Å²) in [6.45, 7) is 5.20. The minimum atomic E-state index is 0.220. The number of aliphatic hydroxyl groups is 1. The second-order valence-corrected chi connectivity index (χ2v) is 12.8. The number of carbonyl (C=O) groups excluding carboxylic acids is 1. The number of piperidine rings is 1. The van der Waals surface area contributed by atoms with Crippen LogP contribution < -0.4 is 9.47 Å². The number of aldehydes is 1. The fourth-order valence-electron chi connectivity index (χ4n) is 5.69. The van der Waals surface area contributed by atoms with Gasteiger partial charge in [0.15, 0.2) is 12.1 Å². The molecule has 1 saturated heterocycles. The molecule has 0 aliphatic carbocycles. The average Bonchev–Trinajstić information content (AvgIpc) is 3.56. The van der Waals surface area contributed by atoms with E-state index in [1.807, 2.05) is 49.4 Å². The number of halogens is 2. The summed E-state index contributed by atoms with van der Waals surface area (Å²) < 4.78 is 18.7. The van der Waals surface area contributed by atoms with Crippen molar-refractivity contribution in [1.82, 2.24) is 20.0 Å². The average molecular weight is 718 g/mol. The van der Waals surface area contributed by atoms with Gasteiger partial charge >= 0.3 is 0 Å². The van der Waals surface area contributed by atoms with Crippen LogP contribution in [-0.2, 0) is 19.8 Å². The van der Waals surface area contributed by atoms with Crippen LogP contribution in [0.15, 0.2) is 82.1 Å². The van der Waals surface area contributed by atoms with Crippen LogP contribution in [0.25, 0.3) is 22.6 Å². The Morgan fingerprint density at radius 3 is 2.55 bits per heavy atom. The lowest BCUT2D eigenvalue weighted by Gasteiger charge is -2.29. The highest BCUT2D eigenvalue weighted by atomic mass is 79.9. The Morgan fingerprint density at radius 2 is 1.79 bits per heavy atom. The van der Waals surface area contributed by atoms with Crippen molar-refractivity contribution in [2.75, 3.05) is 19.7 Å². The number of hydrogen-bond acceptors (Lipinski definition) is 9. The standard InChI is InChI=1S/C36H34BrClN4O5/c1-23-28(7-3-8-29(23)36-40-34(41-47-36)18-42-13-10-24(19-43)11-14-42)30-9-2-6-26(35(30)37)22-46-33-16-32(27(20-44)15-31(33)38)45-21-25-5-4-12-39-17-25/h2-9,12,15-17,20,24,43H,10-11,13-14,18-19,21-22H2,1H3. The predicted octanol–water partition coefficient (Wildman–Crippen LogP) is 7.70. The van der Waals surface area contributed by atoms with E-state index < -0.39 is 0 Å². The van der Waals surface area contributed by atoms with Gasteiger partial charge in [0, 0.05) is 46.2 Å². The number of benzene rings is 3.